The summed E-state index contributed by atoms with van der Waals surface area (Å²) in [6, 6.07) is -1.18. The number of nitrogens with zero attached hydrogens (tertiary/aromatic N) is 4. The van der Waals surface area contributed by atoms with Crippen molar-refractivity contribution in [2.24, 2.45) is 0 Å². The van der Waals surface area contributed by atoms with Crippen molar-refractivity contribution in [2.45, 2.75) is 144 Å². The number of hydrogen-bond acceptors (Lipinski definition) is 25. The van der Waals surface area contributed by atoms with Crippen molar-refractivity contribution < 1.29 is 116 Å². The van der Waals surface area contributed by atoms with E-state index in [1.165, 1.54) is 25.3 Å². The van der Waals surface area contributed by atoms with Crippen LogP contribution in [0, 0.1) is 11.3 Å². The van der Waals surface area contributed by atoms with E-state index in [2.05, 4.69) is 36.9 Å². The number of pyridine rings is 1. The number of carboxylic acid groups (broad SMARTS) is 1. The highest BCUT2D eigenvalue weighted by Crippen LogP contribution is 2.32. The Balaban J connectivity index is 1.24. The highest BCUT2D eigenvalue weighted by Gasteiger charge is 2.48. The molecule has 35 heteroatoms. The van der Waals surface area contributed by atoms with E-state index < -0.39 is 152 Å². The number of thioether (sulfide) groups is 1. The van der Waals surface area contributed by atoms with Crippen molar-refractivity contribution >= 4 is 71.0 Å². The van der Waals surface area contributed by atoms with Crippen molar-refractivity contribution in [3.05, 3.63) is 29.6 Å². The Labute approximate surface area is 528 Å². The van der Waals surface area contributed by atoms with Gasteiger partial charge < -0.3 is 95.9 Å². The molecule has 512 valence electrons. The lowest BCUT2D eigenvalue weighted by atomic mass is 10.0. The van der Waals surface area contributed by atoms with Gasteiger partial charge in [0.25, 0.3) is 11.8 Å². The van der Waals surface area contributed by atoms with Crippen molar-refractivity contribution in [3.8, 4) is 6.07 Å². The van der Waals surface area contributed by atoms with E-state index in [-0.39, 0.29) is 135 Å². The van der Waals surface area contributed by atoms with E-state index in [0.29, 0.717) is 18.7 Å². The number of alkyl carbamates (subject to hydrolysis) is 1. The normalized spacial score (nSPS) is 17.7. The number of hydrogen-bond donors (Lipinski definition) is 12. The van der Waals surface area contributed by atoms with Crippen LogP contribution in [0.4, 0.5) is 13.6 Å². The lowest BCUT2D eigenvalue weighted by molar-refractivity contribution is -0.141. The Kier molecular flexibility index (Phi) is 36.6. The summed E-state index contributed by atoms with van der Waals surface area (Å²) in [6.07, 6.45) is -8.77. The number of ether oxygens (including phenoxy) is 6. The van der Waals surface area contributed by atoms with Crippen LogP contribution in [0.3, 0.4) is 0 Å². The molecule has 91 heavy (non-hydrogen) atoms. The zero-order chi connectivity index (χ0) is 67.5. The molecule has 1 aromatic rings. The number of halogens is 2. The molecule has 9 atom stereocenters. The van der Waals surface area contributed by atoms with E-state index in [0.717, 1.165) is 21.6 Å². The predicted molar refractivity (Wildman–Crippen MR) is 313 cm³/mol. The van der Waals surface area contributed by atoms with Crippen molar-refractivity contribution in [3.63, 3.8) is 0 Å². The second kappa shape index (κ2) is 42.4. The molecular formula is C56H86F2N10O22S. The van der Waals surface area contributed by atoms with Crippen molar-refractivity contribution in [2.75, 3.05) is 111 Å². The van der Waals surface area contributed by atoms with Crippen LogP contribution in [0.25, 0.3) is 0 Å². The molecule has 8 amide bonds. The highest BCUT2D eigenvalue weighted by molar-refractivity contribution is 8.00. The number of Topliss-reactive ketones (excluding diaryl/α,β-unsaturated/α-hetero) is 1. The maximum Gasteiger partial charge on any atom is 0.407 e. The first-order valence-corrected chi connectivity index (χ1v) is 30.6. The lowest BCUT2D eigenvalue weighted by Crippen LogP contribution is -2.53. The van der Waals surface area contributed by atoms with Gasteiger partial charge in [0.05, 0.1) is 102 Å². The SMILES string of the molecule is CC(C)NCCN1C(=O)CC(SC[C@@H](NC(=O)[C@@H](CCC(=O)NC[C@H](O)[C@@H](O)[C@H](O)[C@H](O)CO)NC(=O)OCCOCCOCCOCCOCCOCCCC(=O)CCC(=O)NCc2cc(C(=O)N[C@H](C)C(=O)N3CC(F)(F)C[C@H]3C#N)ccn2)C(=O)O)C1=O. The fourth-order valence-corrected chi connectivity index (χ4v) is 9.71. The number of nitrogens with one attached hydrogen (secondary N) is 6. The molecular weight excluding hydrogens is 1230 g/mol. The second-order valence-corrected chi connectivity index (χ2v) is 22.5. The number of aliphatic hydroxyl groups is 5. The summed E-state index contributed by atoms with van der Waals surface area (Å²) < 4.78 is 60.1. The zero-order valence-corrected chi connectivity index (χ0v) is 51.9. The number of aromatic nitrogens is 1. The molecule has 3 heterocycles. The summed E-state index contributed by atoms with van der Waals surface area (Å²) in [6.45, 7) is 4.66. The number of likely N-dealkylation sites (tertiary alicyclic amines) is 2. The zero-order valence-electron chi connectivity index (χ0n) is 51.1. The minimum Gasteiger partial charge on any atom is -0.480 e. The molecule has 2 fully saturated rings. The molecule has 2 aliphatic rings. The maximum absolute atomic E-state index is 13.8. The first-order valence-electron chi connectivity index (χ1n) is 29.5. The highest BCUT2D eigenvalue weighted by atomic mass is 32.2. The first-order chi connectivity index (χ1) is 43.3. The van der Waals surface area contributed by atoms with Gasteiger partial charge in [-0.1, -0.05) is 13.8 Å². The Morgan fingerprint density at radius 1 is 0.791 bits per heavy atom. The molecule has 2 aliphatic heterocycles. The number of aliphatic carboxylic acids is 1. The Hall–Kier alpha value is -6.69. The lowest BCUT2D eigenvalue weighted by Gasteiger charge is -2.25. The smallest absolute Gasteiger partial charge is 0.407 e. The number of ketones is 1. The number of carbonyl (C=O) groups excluding carboxylic acids is 9. The van der Waals surface area contributed by atoms with Gasteiger partial charge in [-0.2, -0.15) is 5.26 Å². The molecule has 0 spiro atoms. The van der Waals surface area contributed by atoms with Crippen LogP contribution >= 0.6 is 11.8 Å². The summed E-state index contributed by atoms with van der Waals surface area (Å²) in [5, 5.41) is 81.8. The van der Waals surface area contributed by atoms with Crippen LogP contribution in [0.15, 0.2) is 18.3 Å². The topological polar surface area (TPSA) is 463 Å². The minimum atomic E-state index is -3.21. The molecule has 12 N–H and O–H groups in total. The third kappa shape index (κ3) is 30.5. The molecule has 1 aromatic heterocycles. The van der Waals surface area contributed by atoms with E-state index in [1.54, 1.807) is 6.07 Å². The van der Waals surface area contributed by atoms with Gasteiger partial charge in [-0.05, 0) is 31.9 Å². The van der Waals surface area contributed by atoms with Crippen LogP contribution in [0.2, 0.25) is 0 Å². The van der Waals surface area contributed by atoms with Crippen molar-refractivity contribution in [1.82, 2.24) is 46.7 Å². The predicted octanol–water partition coefficient (Wildman–Crippen LogP) is -3.36. The quantitative estimate of drug-likeness (QED) is 0.0224. The summed E-state index contributed by atoms with van der Waals surface area (Å²) in [5.74, 6) is -9.98. The fraction of sp³-hybridized carbons (Fsp3) is 0.714. The summed E-state index contributed by atoms with van der Waals surface area (Å²) >= 11 is 0.849. The van der Waals surface area contributed by atoms with Gasteiger partial charge in [-0.15, -0.1) is 11.8 Å². The summed E-state index contributed by atoms with van der Waals surface area (Å²) in [4.78, 5) is 133. The van der Waals surface area contributed by atoms with Gasteiger partial charge in [0.1, 0.15) is 54.9 Å². The summed E-state index contributed by atoms with van der Waals surface area (Å²) in [5.41, 5.74) is 0.403. The largest absolute Gasteiger partial charge is 0.480 e. The maximum atomic E-state index is 13.8. The molecule has 0 radical (unpaired) electrons. The van der Waals surface area contributed by atoms with Gasteiger partial charge in [0, 0.05) is 88.3 Å². The Morgan fingerprint density at radius 3 is 2.00 bits per heavy atom. The van der Waals surface area contributed by atoms with E-state index in [4.69, 9.17) is 33.5 Å². The van der Waals surface area contributed by atoms with E-state index >= 15 is 0 Å². The fourth-order valence-electron chi connectivity index (χ4n) is 8.53. The van der Waals surface area contributed by atoms with Crippen LogP contribution in [-0.2, 0) is 73.3 Å². The molecule has 3 rings (SSSR count). The number of carboxylic acids is 1. The number of imide groups is 1. The Bertz CT molecular complexity index is 2560. The average Bonchev–Trinajstić information content (AvgIpc) is 1.79. The summed E-state index contributed by atoms with van der Waals surface area (Å²) in [7, 11) is 0. The third-order valence-corrected chi connectivity index (χ3v) is 14.9. The molecule has 2 saturated heterocycles. The number of nitriles is 1. The van der Waals surface area contributed by atoms with Gasteiger partial charge in [-0.3, -0.25) is 48.2 Å². The number of rotatable bonds is 47. The van der Waals surface area contributed by atoms with Crippen LogP contribution in [0.5, 0.6) is 0 Å². The van der Waals surface area contributed by atoms with Crippen LogP contribution < -0.4 is 31.9 Å². The van der Waals surface area contributed by atoms with Crippen LogP contribution in [0.1, 0.15) is 88.2 Å². The molecule has 0 bridgehead atoms. The number of carbonyl (C=O) groups is 10. The average molecular weight is 1320 g/mol. The number of alkyl halides is 2. The molecule has 0 aromatic carbocycles. The van der Waals surface area contributed by atoms with Gasteiger partial charge >= 0.3 is 12.1 Å². The molecule has 0 saturated carbocycles. The van der Waals surface area contributed by atoms with E-state index in [9.17, 15) is 87.5 Å². The van der Waals surface area contributed by atoms with Gasteiger partial charge in [0.2, 0.25) is 35.4 Å². The standard InChI is InChI=1S/C56H86F2N10O22S/c1-34(2)60-12-13-67-47(75)26-44(53(67)81)91-32-41(54(82)83)65-51(79)40(7-9-46(74)63-30-42(71)48(76)49(77)43(72)31-69)66-55(84)90-24-23-89-22-21-88-20-19-87-18-17-86-16-15-85-14-4-5-39(70)6-8-45(73)62-29-37-25-36(10-11-61-37)50(78)64-35(3)52(80)68-33-56(57,58)27-38(68)28-59/h10-11,25,34-35,38,40-44,48-49,60,69,71-72,76-77H,4-9,12-24,26-27,29-33H2,1-3H3,(H,62,73)(H,63,74)(H,64,78)(H,65,79)(H,66,84)(H,82,83)/t35-,38+,40-,41-,42+,43-,44?,48-,49-/m1/s1. The van der Waals surface area contributed by atoms with Crippen LogP contribution in [-0.4, -0.2) is 282 Å². The minimum absolute atomic E-state index is 0.00556. The molecule has 32 nitrogen and oxygen atoms in total. The third-order valence-electron chi connectivity index (χ3n) is 13.6. The molecule has 0 aliphatic carbocycles. The monoisotopic (exact) mass is 1320 g/mol. The van der Waals surface area contributed by atoms with Gasteiger partial charge in [-0.25, -0.2) is 18.4 Å². The second-order valence-electron chi connectivity index (χ2n) is 21.3. The van der Waals surface area contributed by atoms with Crippen molar-refractivity contribution in [1.29, 1.82) is 5.26 Å². The number of aliphatic hydroxyl groups excluding tert-OH is 5. The first kappa shape index (κ1) is 78.6. The molecule has 1 unspecified atom stereocenters. The van der Waals surface area contributed by atoms with E-state index in [1.807, 2.05) is 13.8 Å². The number of amides is 8. The van der Waals surface area contributed by atoms with Gasteiger partial charge in [0.15, 0.2) is 0 Å². The Morgan fingerprint density at radius 2 is 1.40 bits per heavy atom.